The fourth-order valence-electron chi connectivity index (χ4n) is 4.61. The van der Waals surface area contributed by atoms with E-state index in [1.54, 1.807) is 12.4 Å². The van der Waals surface area contributed by atoms with Crippen molar-refractivity contribution >= 4 is 11.9 Å². The second-order valence-electron chi connectivity index (χ2n) is 7.93. The molecule has 2 unspecified atom stereocenters. The Balaban J connectivity index is 1.12. The molecule has 0 bridgehead atoms. The minimum absolute atomic E-state index is 0.122. The molecule has 1 fully saturated rings. The lowest BCUT2D eigenvalue weighted by Crippen LogP contribution is -2.19. The number of carbonyl (C=O) groups excluding carboxylic acids is 2. The van der Waals surface area contributed by atoms with Crippen LogP contribution in [0.2, 0.25) is 0 Å². The molecule has 5 rings (SSSR count). The Morgan fingerprint density at radius 1 is 0.964 bits per heavy atom. The third-order valence-corrected chi connectivity index (χ3v) is 6.08. The van der Waals surface area contributed by atoms with Crippen molar-refractivity contribution in [3.8, 4) is 0 Å². The number of aromatic nitrogens is 4. The Morgan fingerprint density at radius 3 is 2.29 bits per heavy atom. The van der Waals surface area contributed by atoms with Gasteiger partial charge in [-0.1, -0.05) is 0 Å². The van der Waals surface area contributed by atoms with Gasteiger partial charge in [-0.2, -0.15) is 0 Å². The van der Waals surface area contributed by atoms with Crippen LogP contribution in [0.5, 0.6) is 0 Å². The third kappa shape index (κ3) is 3.10. The summed E-state index contributed by atoms with van der Waals surface area (Å²) in [6, 6.07) is 0. The van der Waals surface area contributed by atoms with Crippen molar-refractivity contribution in [1.82, 2.24) is 19.1 Å². The number of ether oxygens (including phenoxy) is 2. The Labute approximate surface area is 162 Å². The van der Waals surface area contributed by atoms with E-state index in [4.69, 9.17) is 9.47 Å². The van der Waals surface area contributed by atoms with Crippen molar-refractivity contribution < 1.29 is 19.1 Å². The normalized spacial score (nSPS) is 22.9. The van der Waals surface area contributed by atoms with Gasteiger partial charge < -0.3 is 18.6 Å². The molecule has 2 aliphatic heterocycles. The molecule has 8 nitrogen and oxygen atoms in total. The molecule has 8 heteroatoms. The average molecular weight is 384 g/mol. The second kappa shape index (κ2) is 7.07. The van der Waals surface area contributed by atoms with Crippen LogP contribution in [0.15, 0.2) is 12.4 Å². The Kier molecular flexibility index (Phi) is 4.41. The highest BCUT2D eigenvalue weighted by Gasteiger charge is 2.31. The van der Waals surface area contributed by atoms with Crippen LogP contribution in [0.25, 0.3) is 0 Å². The summed E-state index contributed by atoms with van der Waals surface area (Å²) in [6.45, 7) is 2.02. The van der Waals surface area contributed by atoms with Gasteiger partial charge >= 0.3 is 11.9 Å². The lowest BCUT2D eigenvalue weighted by molar-refractivity contribution is 0.0262. The molecule has 28 heavy (non-hydrogen) atoms. The number of aryl methyl sites for hydroxylation is 2. The minimum atomic E-state index is -0.309. The Morgan fingerprint density at radius 2 is 1.61 bits per heavy atom. The molecule has 0 saturated heterocycles. The topological polar surface area (TPSA) is 88.2 Å². The number of nitrogens with zero attached hydrogens (tertiary/aromatic N) is 4. The summed E-state index contributed by atoms with van der Waals surface area (Å²) in [5.74, 6) is 1.55. The average Bonchev–Trinajstić information content (AvgIpc) is 3.45. The van der Waals surface area contributed by atoms with Crippen molar-refractivity contribution in [2.75, 3.05) is 6.61 Å². The molecule has 148 valence electrons. The van der Waals surface area contributed by atoms with E-state index < -0.39 is 0 Å². The molecule has 2 atom stereocenters. The highest BCUT2D eigenvalue weighted by Crippen LogP contribution is 2.29. The summed E-state index contributed by atoms with van der Waals surface area (Å²) in [5, 5.41) is 0. The first-order valence-electron chi connectivity index (χ1n) is 10.2. The van der Waals surface area contributed by atoms with Crippen molar-refractivity contribution in [1.29, 1.82) is 0 Å². The maximum absolute atomic E-state index is 12.5. The van der Waals surface area contributed by atoms with E-state index in [1.165, 1.54) is 0 Å². The van der Waals surface area contributed by atoms with E-state index in [0.29, 0.717) is 18.0 Å². The van der Waals surface area contributed by atoms with Crippen LogP contribution in [0, 0.1) is 5.92 Å². The summed E-state index contributed by atoms with van der Waals surface area (Å²) in [4.78, 5) is 33.4. The Hall–Kier alpha value is -2.64. The van der Waals surface area contributed by atoms with E-state index in [1.807, 2.05) is 9.13 Å². The molecule has 1 aliphatic carbocycles. The SMILES string of the molecule is O=C(OCC1CCC(OC(=O)c2cnc3n2CCC3)C1)c1cnc2n1CCC2. The summed E-state index contributed by atoms with van der Waals surface area (Å²) < 4.78 is 15.1. The zero-order valence-electron chi connectivity index (χ0n) is 15.8. The van der Waals surface area contributed by atoms with Gasteiger partial charge in [-0.3, -0.25) is 0 Å². The molecule has 0 spiro atoms. The Bertz CT molecular complexity index is 915. The molecule has 4 heterocycles. The predicted molar refractivity (Wildman–Crippen MR) is 97.9 cm³/mol. The van der Waals surface area contributed by atoms with Crippen LogP contribution < -0.4 is 0 Å². The molecule has 0 radical (unpaired) electrons. The van der Waals surface area contributed by atoms with Crippen molar-refractivity contribution in [2.24, 2.45) is 5.92 Å². The van der Waals surface area contributed by atoms with Gasteiger partial charge in [0.25, 0.3) is 0 Å². The van der Waals surface area contributed by atoms with Crippen LogP contribution in [0.4, 0.5) is 0 Å². The van der Waals surface area contributed by atoms with Gasteiger partial charge in [-0.25, -0.2) is 19.6 Å². The van der Waals surface area contributed by atoms with Crippen LogP contribution in [-0.4, -0.2) is 43.8 Å². The number of carbonyl (C=O) groups is 2. The standard InChI is InChI=1S/C20H24N4O4/c25-19(15-10-21-17-3-1-7-23(15)17)27-12-13-5-6-14(9-13)28-20(26)16-11-22-18-4-2-8-24(16)18/h10-11,13-14H,1-9,12H2. The third-order valence-electron chi connectivity index (χ3n) is 6.08. The maximum Gasteiger partial charge on any atom is 0.356 e. The first-order chi connectivity index (χ1) is 13.7. The molecule has 0 amide bonds. The zero-order chi connectivity index (χ0) is 19.1. The smallest absolute Gasteiger partial charge is 0.356 e. The van der Waals surface area contributed by atoms with Gasteiger partial charge in [0.15, 0.2) is 0 Å². The fraction of sp³-hybridized carbons (Fsp3) is 0.600. The molecular weight excluding hydrogens is 360 g/mol. The van der Waals surface area contributed by atoms with E-state index >= 15 is 0 Å². The molecule has 0 aromatic carbocycles. The lowest BCUT2D eigenvalue weighted by Gasteiger charge is -2.14. The van der Waals surface area contributed by atoms with Gasteiger partial charge in [-0.05, 0) is 38.0 Å². The van der Waals surface area contributed by atoms with Crippen LogP contribution in [-0.2, 0) is 35.4 Å². The quantitative estimate of drug-likeness (QED) is 0.734. The number of fused-ring (bicyclic) bond motifs is 2. The highest BCUT2D eigenvalue weighted by molar-refractivity contribution is 5.88. The molecule has 2 aromatic heterocycles. The molecule has 0 N–H and O–H groups in total. The van der Waals surface area contributed by atoms with Gasteiger partial charge in [0.2, 0.25) is 0 Å². The number of hydrogen-bond acceptors (Lipinski definition) is 6. The lowest BCUT2D eigenvalue weighted by atomic mass is 10.1. The zero-order valence-corrected chi connectivity index (χ0v) is 15.8. The van der Waals surface area contributed by atoms with Crippen molar-refractivity contribution in [2.45, 2.75) is 64.1 Å². The molecule has 1 saturated carbocycles. The van der Waals surface area contributed by atoms with Gasteiger partial charge in [-0.15, -0.1) is 0 Å². The number of imidazole rings is 2. The molecule has 2 aromatic rings. The van der Waals surface area contributed by atoms with Crippen LogP contribution >= 0.6 is 0 Å². The molecule has 3 aliphatic rings. The van der Waals surface area contributed by atoms with Crippen LogP contribution in [0.1, 0.15) is 64.7 Å². The summed E-state index contributed by atoms with van der Waals surface area (Å²) in [6.07, 6.45) is 9.42. The van der Waals surface area contributed by atoms with Crippen molar-refractivity contribution in [3.05, 3.63) is 35.4 Å². The highest BCUT2D eigenvalue weighted by atomic mass is 16.5. The number of hydrogen-bond donors (Lipinski definition) is 0. The van der Waals surface area contributed by atoms with E-state index in [9.17, 15) is 9.59 Å². The maximum atomic E-state index is 12.5. The van der Waals surface area contributed by atoms with Crippen molar-refractivity contribution in [3.63, 3.8) is 0 Å². The van der Waals surface area contributed by atoms with Gasteiger partial charge in [0.1, 0.15) is 29.1 Å². The number of esters is 2. The molecular formula is C20H24N4O4. The van der Waals surface area contributed by atoms with Gasteiger partial charge in [0.05, 0.1) is 19.0 Å². The monoisotopic (exact) mass is 384 g/mol. The first kappa shape index (κ1) is 17.5. The van der Waals surface area contributed by atoms with Gasteiger partial charge in [0, 0.05) is 25.9 Å². The summed E-state index contributed by atoms with van der Waals surface area (Å²) in [5.41, 5.74) is 1.10. The number of rotatable bonds is 5. The largest absolute Gasteiger partial charge is 0.461 e. The fourth-order valence-corrected chi connectivity index (χ4v) is 4.61. The summed E-state index contributed by atoms with van der Waals surface area (Å²) >= 11 is 0. The summed E-state index contributed by atoms with van der Waals surface area (Å²) in [7, 11) is 0. The first-order valence-corrected chi connectivity index (χ1v) is 10.2. The van der Waals surface area contributed by atoms with Crippen LogP contribution in [0.3, 0.4) is 0 Å². The minimum Gasteiger partial charge on any atom is -0.461 e. The second-order valence-corrected chi connectivity index (χ2v) is 7.93. The van der Waals surface area contributed by atoms with E-state index in [-0.39, 0.29) is 24.0 Å². The van der Waals surface area contributed by atoms with E-state index in [2.05, 4.69) is 9.97 Å². The van der Waals surface area contributed by atoms with E-state index in [0.717, 1.165) is 69.7 Å². The predicted octanol–water partition coefficient (Wildman–Crippen LogP) is 2.15.